The van der Waals surface area contributed by atoms with Gasteiger partial charge >= 0.3 is 0 Å². The minimum absolute atomic E-state index is 0.376. The van der Waals surface area contributed by atoms with E-state index < -0.39 is 20.8 Å². The van der Waals surface area contributed by atoms with E-state index in [1.807, 2.05) is 0 Å². The van der Waals surface area contributed by atoms with Gasteiger partial charge in [0.25, 0.3) is 0 Å². The molecule has 2 aromatic rings. The lowest BCUT2D eigenvalue weighted by Crippen LogP contribution is -2.04. The van der Waals surface area contributed by atoms with Crippen LogP contribution in [0, 0.1) is 0 Å². The largest absolute Gasteiger partial charge is 0.872 e. The highest BCUT2D eigenvalue weighted by Gasteiger charge is 2.06. The van der Waals surface area contributed by atoms with E-state index in [1.54, 1.807) is 12.1 Å². The van der Waals surface area contributed by atoms with Gasteiger partial charge in [-0.05, 0) is 29.0 Å². The molecule has 0 aliphatic carbocycles. The highest BCUT2D eigenvalue weighted by atomic mass is 32.2. The molecule has 0 aromatic heterocycles. The number of hydrogen-bond donors (Lipinski definition) is 1. The van der Waals surface area contributed by atoms with Gasteiger partial charge in [0, 0.05) is 9.79 Å². The highest BCUT2D eigenvalue weighted by molar-refractivity contribution is 7.94. The maximum Gasteiger partial charge on any atom is 0.123 e. The van der Waals surface area contributed by atoms with Gasteiger partial charge in [-0.3, -0.25) is 0 Å². The molecule has 2 aromatic carbocycles. The highest BCUT2D eigenvalue weighted by Crippen LogP contribution is 2.30. The van der Waals surface area contributed by atoms with Gasteiger partial charge in [-0.2, -0.15) is 0 Å². The zero-order chi connectivity index (χ0) is 14.0. The van der Waals surface area contributed by atoms with Crippen LogP contribution in [0.5, 0.6) is 5.75 Å². The summed E-state index contributed by atoms with van der Waals surface area (Å²) in [5.74, 6) is -0.849. The van der Waals surface area contributed by atoms with Crippen molar-refractivity contribution in [3.05, 3.63) is 30.3 Å². The van der Waals surface area contributed by atoms with Crippen LogP contribution in [0.25, 0.3) is 10.8 Å². The number of fused-ring (bicyclic) bond motifs is 1. The van der Waals surface area contributed by atoms with Crippen LogP contribution in [0.2, 0.25) is 0 Å². The van der Waals surface area contributed by atoms with Crippen LogP contribution in [0.3, 0.4) is 0 Å². The van der Waals surface area contributed by atoms with Crippen LogP contribution in [-0.2, 0) is 19.5 Å². The Morgan fingerprint density at radius 1 is 1.16 bits per heavy atom. The Kier molecular flexibility index (Phi) is 3.94. The molecule has 0 fully saturated rings. The molecule has 0 unspecified atom stereocenters. The van der Waals surface area contributed by atoms with E-state index in [2.05, 4.69) is 9.37 Å². The van der Waals surface area contributed by atoms with Crippen molar-refractivity contribution in [3.63, 3.8) is 0 Å². The maximum atomic E-state index is 11.5. The van der Waals surface area contributed by atoms with Gasteiger partial charge in [-0.15, -0.1) is 4.33 Å². The molecule has 0 heterocycles. The molecule has 0 radical (unpaired) electrons. The quantitative estimate of drug-likeness (QED) is 0.388. The lowest BCUT2D eigenvalue weighted by Gasteiger charge is -2.17. The number of benzene rings is 2. The van der Waals surface area contributed by atoms with Crippen molar-refractivity contribution in [1.82, 2.24) is 0 Å². The zero-order valence-corrected chi connectivity index (χ0v) is 10.7. The van der Waals surface area contributed by atoms with E-state index >= 15 is 0 Å². The first-order chi connectivity index (χ1) is 8.91. The van der Waals surface area contributed by atoms with E-state index in [0.29, 0.717) is 27.7 Å². The van der Waals surface area contributed by atoms with Crippen molar-refractivity contribution < 1.29 is 32.7 Å². The van der Waals surface area contributed by atoms with Crippen molar-refractivity contribution in [2.24, 2.45) is 0 Å². The van der Waals surface area contributed by atoms with E-state index in [4.69, 9.17) is 5.26 Å². The molecule has 1 N–H and O–H groups in total. The average molecular weight is 302 g/mol. The molecule has 102 valence electrons. The lowest BCUT2D eigenvalue weighted by molar-refractivity contribution is -0.432. The Morgan fingerprint density at radius 3 is 2.53 bits per heavy atom. The molecule has 0 bridgehead atoms. The second-order valence-corrected chi connectivity index (χ2v) is 5.61. The number of rotatable bonds is 4. The van der Waals surface area contributed by atoms with Crippen molar-refractivity contribution in [2.75, 3.05) is 0 Å². The van der Waals surface area contributed by atoms with Crippen LogP contribution in [-0.4, -0.2) is 18.2 Å². The first kappa shape index (κ1) is 14.1. The minimum Gasteiger partial charge on any atom is -0.872 e. The van der Waals surface area contributed by atoms with E-state index in [0.717, 1.165) is 12.1 Å². The molecule has 0 saturated heterocycles. The maximum absolute atomic E-state index is 11.5. The fourth-order valence-electron chi connectivity index (χ4n) is 1.54. The summed E-state index contributed by atoms with van der Waals surface area (Å²) >= 11 is 0.675. The molecule has 0 spiro atoms. The predicted molar refractivity (Wildman–Crippen MR) is 62.0 cm³/mol. The van der Waals surface area contributed by atoms with Gasteiger partial charge in [0.2, 0.25) is 0 Å². The summed E-state index contributed by atoms with van der Waals surface area (Å²) in [5.41, 5.74) is 0. The normalized spacial score (nSPS) is 11.9. The average Bonchev–Trinajstić information content (AvgIpc) is 2.34. The van der Waals surface area contributed by atoms with Crippen molar-refractivity contribution >= 4 is 32.9 Å². The first-order valence-corrected chi connectivity index (χ1v) is 6.92. The van der Waals surface area contributed by atoms with E-state index in [9.17, 15) is 18.1 Å². The van der Waals surface area contributed by atoms with Gasteiger partial charge in [0.1, 0.15) is 10.1 Å². The topological polar surface area (TPSA) is 119 Å². The minimum atomic E-state index is -4.82. The Bertz CT molecular complexity index is 711. The molecular weight excluding hydrogens is 296 g/mol. The monoisotopic (exact) mass is 302 g/mol. The van der Waals surface area contributed by atoms with Crippen LogP contribution in [0.1, 0.15) is 0 Å². The fraction of sp³-hybridized carbons (Fsp3) is 0. The number of hydrogen-bond acceptors (Lipinski definition) is 8. The Labute approximate surface area is 112 Å². The summed E-state index contributed by atoms with van der Waals surface area (Å²) in [7, 11) is -4.82. The van der Waals surface area contributed by atoms with E-state index in [1.165, 1.54) is 6.07 Å². The van der Waals surface area contributed by atoms with Crippen molar-refractivity contribution in [1.29, 1.82) is 0 Å². The third-order valence-electron chi connectivity index (χ3n) is 2.30. The summed E-state index contributed by atoms with van der Waals surface area (Å²) in [6.07, 6.45) is 0. The summed E-state index contributed by atoms with van der Waals surface area (Å²) in [4.78, 5) is -0.323. The predicted octanol–water partition coefficient (Wildman–Crippen LogP) is 1.25. The molecule has 7 nitrogen and oxygen atoms in total. The van der Waals surface area contributed by atoms with Crippen LogP contribution < -0.4 is 5.11 Å². The van der Waals surface area contributed by atoms with Crippen molar-refractivity contribution in [2.45, 2.75) is 9.79 Å². The molecule has 0 atom stereocenters. The summed E-state index contributed by atoms with van der Waals surface area (Å²) in [6.45, 7) is 0. The second kappa shape index (κ2) is 5.33. The van der Waals surface area contributed by atoms with E-state index in [-0.39, 0.29) is 0 Å². The lowest BCUT2D eigenvalue weighted by atomic mass is 10.1. The molecule has 0 aliphatic heterocycles. The molecule has 2 rings (SSSR count). The Morgan fingerprint density at radius 2 is 1.89 bits per heavy atom. The fourth-order valence-corrected chi connectivity index (χ4v) is 2.52. The second-order valence-electron chi connectivity index (χ2n) is 3.49. The van der Waals surface area contributed by atoms with Gasteiger partial charge < -0.3 is 9.66 Å². The SMILES string of the molecule is O=S(=O)([O-])c1cc2cc(SOOO)ccc2cc1[O-]. The molecule has 0 saturated carbocycles. The Balaban J connectivity index is 2.55. The standard InChI is InChI=1S/C10H8O7S2/c11-9-4-6-1-2-8(18-17-16-12)3-7(6)5-10(9)19(13,14)15/h1-5,11-12H,(H,13,14,15)/p-2. The zero-order valence-electron chi connectivity index (χ0n) is 9.10. The van der Waals surface area contributed by atoms with Crippen molar-refractivity contribution in [3.8, 4) is 5.75 Å². The third kappa shape index (κ3) is 3.15. The van der Waals surface area contributed by atoms with Gasteiger partial charge in [0.15, 0.2) is 0 Å². The van der Waals surface area contributed by atoms with Gasteiger partial charge in [-0.25, -0.2) is 13.7 Å². The van der Waals surface area contributed by atoms with Gasteiger partial charge in [0.05, 0.1) is 12.0 Å². The molecular formula is C10H6O7S2-2. The smallest absolute Gasteiger partial charge is 0.123 e. The first-order valence-electron chi connectivity index (χ1n) is 4.77. The summed E-state index contributed by atoms with van der Waals surface area (Å²) in [6, 6.07) is 6.66. The van der Waals surface area contributed by atoms with Crippen LogP contribution in [0.15, 0.2) is 40.1 Å². The third-order valence-corrected chi connectivity index (χ3v) is 3.74. The Hall–Kier alpha value is -1.36. The summed E-state index contributed by atoms with van der Waals surface area (Å²) < 4.78 is 37.0. The molecule has 9 heteroatoms. The van der Waals surface area contributed by atoms with Crippen LogP contribution >= 0.6 is 12.0 Å². The summed E-state index contributed by atoms with van der Waals surface area (Å²) in [5, 5.41) is 23.8. The molecule has 0 amide bonds. The van der Waals surface area contributed by atoms with Crippen LogP contribution in [0.4, 0.5) is 0 Å². The molecule has 0 aliphatic rings. The van der Waals surface area contributed by atoms with Gasteiger partial charge in [-0.1, -0.05) is 22.9 Å². The molecule has 19 heavy (non-hydrogen) atoms.